The van der Waals surface area contributed by atoms with Crippen molar-refractivity contribution in [3.63, 3.8) is 0 Å². The Balaban J connectivity index is 1.62. The van der Waals surface area contributed by atoms with Crippen molar-refractivity contribution in [3.8, 4) is 5.75 Å². The number of rotatable bonds is 2. The van der Waals surface area contributed by atoms with Crippen molar-refractivity contribution in [2.24, 2.45) is 4.99 Å². The van der Waals surface area contributed by atoms with Gasteiger partial charge in [0.05, 0.1) is 16.3 Å². The Morgan fingerprint density at radius 1 is 1.03 bits per heavy atom. The Hall–Kier alpha value is -3.22. The van der Waals surface area contributed by atoms with E-state index in [-0.39, 0.29) is 17.4 Å². The highest BCUT2D eigenvalue weighted by Crippen LogP contribution is 2.42. The SMILES string of the molecule is O=c1/c(=C\c2ccc(O)cc2)sc2n1[C@H](c1cccs1)C1=C(N=2)c2ccccc2CC1. The number of aromatic nitrogens is 1. The summed E-state index contributed by atoms with van der Waals surface area (Å²) in [4.78, 5) is 20.4. The Bertz CT molecular complexity index is 1510. The molecular weight excluding hydrogens is 424 g/mol. The highest BCUT2D eigenvalue weighted by Gasteiger charge is 2.32. The van der Waals surface area contributed by atoms with Gasteiger partial charge < -0.3 is 5.11 Å². The molecule has 0 unspecified atom stereocenters. The molecule has 6 rings (SSSR count). The first-order chi connectivity index (χ1) is 15.2. The third-order valence-electron chi connectivity index (χ3n) is 5.88. The van der Waals surface area contributed by atoms with Gasteiger partial charge in [0.2, 0.25) is 0 Å². The van der Waals surface area contributed by atoms with E-state index in [0.29, 0.717) is 4.53 Å². The maximum absolute atomic E-state index is 13.5. The molecular formula is C25H18N2O2S2. The fourth-order valence-electron chi connectivity index (χ4n) is 4.44. The van der Waals surface area contributed by atoms with E-state index >= 15 is 0 Å². The number of allylic oxidation sites excluding steroid dienone is 1. The van der Waals surface area contributed by atoms with Crippen LogP contribution in [0.2, 0.25) is 0 Å². The van der Waals surface area contributed by atoms with Crippen molar-refractivity contribution >= 4 is 34.4 Å². The zero-order valence-electron chi connectivity index (χ0n) is 16.5. The molecule has 6 heteroatoms. The normalized spacial score (nSPS) is 17.7. The van der Waals surface area contributed by atoms with Crippen LogP contribution in [-0.2, 0) is 6.42 Å². The predicted octanol–water partition coefficient (Wildman–Crippen LogP) is 4.09. The molecule has 2 aromatic heterocycles. The van der Waals surface area contributed by atoms with Gasteiger partial charge in [-0.1, -0.05) is 53.8 Å². The fraction of sp³-hybridized carbons (Fsp3) is 0.120. The summed E-state index contributed by atoms with van der Waals surface area (Å²) in [5, 5.41) is 11.6. The Morgan fingerprint density at radius 3 is 2.68 bits per heavy atom. The van der Waals surface area contributed by atoms with Crippen molar-refractivity contribution in [1.82, 2.24) is 4.57 Å². The number of phenols is 1. The van der Waals surface area contributed by atoms with Crippen molar-refractivity contribution in [3.05, 3.63) is 113 Å². The molecule has 0 amide bonds. The molecule has 4 aromatic rings. The Labute approximate surface area is 186 Å². The number of fused-ring (bicyclic) bond motifs is 3. The molecule has 2 aliphatic rings. The first kappa shape index (κ1) is 18.5. The summed E-state index contributed by atoms with van der Waals surface area (Å²) < 4.78 is 2.52. The number of phenolic OH excluding ortho intramolecular Hbond substituents is 1. The summed E-state index contributed by atoms with van der Waals surface area (Å²) in [6.07, 6.45) is 3.75. The van der Waals surface area contributed by atoms with E-state index in [1.165, 1.54) is 32.9 Å². The molecule has 3 heterocycles. The van der Waals surface area contributed by atoms with Crippen molar-refractivity contribution in [1.29, 1.82) is 0 Å². The summed E-state index contributed by atoms with van der Waals surface area (Å²) >= 11 is 3.11. The molecule has 0 saturated heterocycles. The van der Waals surface area contributed by atoms with E-state index in [1.807, 2.05) is 28.8 Å². The van der Waals surface area contributed by atoms with Crippen LogP contribution in [0, 0.1) is 0 Å². The fourth-order valence-corrected chi connectivity index (χ4v) is 6.29. The number of hydrogen-bond donors (Lipinski definition) is 1. The lowest BCUT2D eigenvalue weighted by Gasteiger charge is -2.30. The zero-order valence-corrected chi connectivity index (χ0v) is 18.1. The largest absolute Gasteiger partial charge is 0.508 e. The number of thiophene rings is 1. The zero-order chi connectivity index (χ0) is 20.9. The van der Waals surface area contributed by atoms with Crippen LogP contribution in [-0.4, -0.2) is 9.67 Å². The number of aryl methyl sites for hydroxylation is 1. The quantitative estimate of drug-likeness (QED) is 0.509. The highest BCUT2D eigenvalue weighted by molar-refractivity contribution is 7.10. The number of thiazole rings is 1. The monoisotopic (exact) mass is 442 g/mol. The number of aromatic hydroxyl groups is 1. The summed E-state index contributed by atoms with van der Waals surface area (Å²) in [7, 11) is 0. The maximum atomic E-state index is 13.5. The molecule has 2 aromatic carbocycles. The molecule has 1 aliphatic carbocycles. The van der Waals surface area contributed by atoms with Crippen molar-refractivity contribution in [2.45, 2.75) is 18.9 Å². The van der Waals surface area contributed by atoms with E-state index in [2.05, 4.69) is 35.7 Å². The van der Waals surface area contributed by atoms with Gasteiger partial charge in [-0.2, -0.15) is 0 Å². The van der Waals surface area contributed by atoms with Crippen LogP contribution < -0.4 is 14.9 Å². The second kappa shape index (κ2) is 7.18. The molecule has 31 heavy (non-hydrogen) atoms. The maximum Gasteiger partial charge on any atom is 0.271 e. The molecule has 0 spiro atoms. The first-order valence-corrected chi connectivity index (χ1v) is 11.8. The topological polar surface area (TPSA) is 54.6 Å². The van der Waals surface area contributed by atoms with Crippen LogP contribution in [0.25, 0.3) is 11.8 Å². The van der Waals surface area contributed by atoms with Crippen LogP contribution >= 0.6 is 22.7 Å². The van der Waals surface area contributed by atoms with Gasteiger partial charge in [-0.05, 0) is 59.2 Å². The second-order valence-electron chi connectivity index (χ2n) is 7.72. The van der Waals surface area contributed by atoms with Crippen LogP contribution in [0.5, 0.6) is 5.75 Å². The van der Waals surface area contributed by atoms with E-state index in [0.717, 1.165) is 28.9 Å². The lowest BCUT2D eigenvalue weighted by atomic mass is 9.85. The number of benzene rings is 2. The number of hydrogen-bond acceptors (Lipinski definition) is 5. The smallest absolute Gasteiger partial charge is 0.271 e. The molecule has 0 saturated carbocycles. The average molecular weight is 443 g/mol. The van der Waals surface area contributed by atoms with Crippen LogP contribution in [0.3, 0.4) is 0 Å². The molecule has 0 fully saturated rings. The molecule has 152 valence electrons. The predicted molar refractivity (Wildman–Crippen MR) is 125 cm³/mol. The summed E-state index contributed by atoms with van der Waals surface area (Å²) in [6.45, 7) is 0. The molecule has 0 radical (unpaired) electrons. The van der Waals surface area contributed by atoms with Gasteiger partial charge in [-0.25, -0.2) is 4.99 Å². The van der Waals surface area contributed by atoms with Crippen LogP contribution in [0.4, 0.5) is 0 Å². The molecule has 1 N–H and O–H groups in total. The summed E-state index contributed by atoms with van der Waals surface area (Å²) in [5.41, 5.74) is 5.62. The van der Waals surface area contributed by atoms with E-state index in [4.69, 9.17) is 4.99 Å². The van der Waals surface area contributed by atoms with Crippen molar-refractivity contribution < 1.29 is 5.11 Å². The lowest BCUT2D eigenvalue weighted by Crippen LogP contribution is -2.38. The average Bonchev–Trinajstić information content (AvgIpc) is 3.43. The van der Waals surface area contributed by atoms with Gasteiger partial charge in [-0.15, -0.1) is 11.3 Å². The third-order valence-corrected chi connectivity index (χ3v) is 7.78. The molecule has 4 nitrogen and oxygen atoms in total. The minimum Gasteiger partial charge on any atom is -0.508 e. The standard InChI is InChI=1S/C25H18N2O2S2/c28-17-10-7-15(8-11-17)14-21-24(29)27-23(20-6-3-13-30-20)19-12-9-16-4-1-2-5-18(16)22(19)26-25(27)31-21/h1-8,10-11,13-14,23,28H,9,12H2/b21-14+/t23-/m0/s1. The van der Waals surface area contributed by atoms with Gasteiger partial charge in [0, 0.05) is 10.4 Å². The highest BCUT2D eigenvalue weighted by atomic mass is 32.1. The van der Waals surface area contributed by atoms with Gasteiger partial charge in [0.1, 0.15) is 5.75 Å². The minimum atomic E-state index is -0.110. The summed E-state index contributed by atoms with van der Waals surface area (Å²) in [6, 6.07) is 19.4. The lowest BCUT2D eigenvalue weighted by molar-refractivity contribution is 0.475. The van der Waals surface area contributed by atoms with Crippen LogP contribution in [0.1, 0.15) is 34.0 Å². The van der Waals surface area contributed by atoms with E-state index in [9.17, 15) is 9.90 Å². The van der Waals surface area contributed by atoms with Crippen molar-refractivity contribution in [2.75, 3.05) is 0 Å². The van der Waals surface area contributed by atoms with E-state index in [1.54, 1.807) is 23.5 Å². The van der Waals surface area contributed by atoms with Gasteiger partial charge in [0.15, 0.2) is 4.80 Å². The number of nitrogens with zero attached hydrogens (tertiary/aromatic N) is 2. The van der Waals surface area contributed by atoms with Gasteiger partial charge in [0.25, 0.3) is 5.56 Å². The minimum absolute atomic E-state index is 0.0133. The second-order valence-corrected chi connectivity index (χ2v) is 9.71. The third kappa shape index (κ3) is 3.02. The first-order valence-electron chi connectivity index (χ1n) is 10.1. The Morgan fingerprint density at radius 2 is 1.87 bits per heavy atom. The van der Waals surface area contributed by atoms with Crippen LogP contribution in [0.15, 0.2) is 81.4 Å². The van der Waals surface area contributed by atoms with E-state index < -0.39 is 0 Å². The summed E-state index contributed by atoms with van der Waals surface area (Å²) in [5.74, 6) is 0.211. The molecule has 1 aliphatic heterocycles. The van der Waals surface area contributed by atoms with Gasteiger partial charge >= 0.3 is 0 Å². The molecule has 1 atom stereocenters. The molecule has 0 bridgehead atoms. The Kier molecular flexibility index (Phi) is 4.30. The van der Waals surface area contributed by atoms with Gasteiger partial charge in [-0.3, -0.25) is 9.36 Å².